The van der Waals surface area contributed by atoms with Gasteiger partial charge in [-0.1, -0.05) is 0 Å². The third-order valence-corrected chi connectivity index (χ3v) is 4.66. The smallest absolute Gasteiger partial charge is 0.248 e. The molecular formula is C9H16N4O3S. The fourth-order valence-corrected chi connectivity index (χ4v) is 3.04. The van der Waals surface area contributed by atoms with Crippen LogP contribution in [0.15, 0.2) is 11.1 Å². The summed E-state index contributed by atoms with van der Waals surface area (Å²) in [6.07, 6.45) is 3.06. The molecule has 8 heteroatoms. The fourth-order valence-electron chi connectivity index (χ4n) is 1.83. The molecule has 3 N–H and O–H groups in total. The van der Waals surface area contributed by atoms with Gasteiger partial charge in [-0.2, -0.15) is 9.40 Å². The van der Waals surface area contributed by atoms with E-state index in [2.05, 4.69) is 10.2 Å². The normalized spacial score (nSPS) is 21.2. The standard InChI is InChI=1S/C9H16N4O3S/c1-13(6-7-3-2-4-16-7)17(14,15)8-5-11-12-9(8)10/h5,7H,2-4,6H2,1H3,(H3,10,11,12). The Hall–Kier alpha value is -1.12. The average Bonchev–Trinajstić information content (AvgIpc) is 2.89. The molecule has 2 rings (SSSR count). The molecule has 1 aliphatic rings. The van der Waals surface area contributed by atoms with Gasteiger partial charge in [-0.05, 0) is 12.8 Å². The van der Waals surface area contributed by atoms with Crippen LogP contribution < -0.4 is 5.73 Å². The summed E-state index contributed by atoms with van der Waals surface area (Å²) in [4.78, 5) is 0.0120. The van der Waals surface area contributed by atoms with Crippen LogP contribution in [0, 0.1) is 0 Å². The minimum absolute atomic E-state index is 0.0120. The zero-order chi connectivity index (χ0) is 12.5. The molecule has 0 bridgehead atoms. The van der Waals surface area contributed by atoms with Crippen molar-refractivity contribution in [3.8, 4) is 0 Å². The molecule has 0 amide bonds. The van der Waals surface area contributed by atoms with E-state index in [0.29, 0.717) is 13.2 Å². The monoisotopic (exact) mass is 260 g/mol. The molecule has 1 saturated heterocycles. The lowest BCUT2D eigenvalue weighted by Crippen LogP contribution is -2.34. The zero-order valence-corrected chi connectivity index (χ0v) is 10.4. The number of hydrogen-bond acceptors (Lipinski definition) is 5. The highest BCUT2D eigenvalue weighted by molar-refractivity contribution is 7.89. The van der Waals surface area contributed by atoms with E-state index in [1.165, 1.54) is 17.5 Å². The van der Waals surface area contributed by atoms with Crippen molar-refractivity contribution in [2.24, 2.45) is 0 Å². The van der Waals surface area contributed by atoms with Crippen molar-refractivity contribution in [2.75, 3.05) is 25.9 Å². The van der Waals surface area contributed by atoms with Crippen molar-refractivity contribution in [3.05, 3.63) is 6.20 Å². The molecule has 1 atom stereocenters. The minimum atomic E-state index is -3.58. The Balaban J connectivity index is 2.12. The third-order valence-electron chi connectivity index (χ3n) is 2.81. The summed E-state index contributed by atoms with van der Waals surface area (Å²) in [5.74, 6) is 0.0594. The van der Waals surface area contributed by atoms with Crippen LogP contribution in [0.5, 0.6) is 0 Å². The van der Waals surface area contributed by atoms with E-state index < -0.39 is 10.0 Å². The van der Waals surface area contributed by atoms with Crippen molar-refractivity contribution in [1.29, 1.82) is 0 Å². The third kappa shape index (κ3) is 2.43. The molecule has 7 nitrogen and oxygen atoms in total. The van der Waals surface area contributed by atoms with Crippen molar-refractivity contribution >= 4 is 15.8 Å². The summed E-state index contributed by atoms with van der Waals surface area (Å²) in [6, 6.07) is 0. The molecule has 0 aliphatic carbocycles. The molecule has 1 aliphatic heterocycles. The molecule has 1 fully saturated rings. The molecule has 0 aromatic carbocycles. The zero-order valence-electron chi connectivity index (χ0n) is 9.59. The number of rotatable bonds is 4. The van der Waals surface area contributed by atoms with Crippen LogP contribution in [0.4, 0.5) is 5.82 Å². The van der Waals surface area contributed by atoms with Crippen LogP contribution in [0.1, 0.15) is 12.8 Å². The van der Waals surface area contributed by atoms with E-state index in [-0.39, 0.29) is 16.8 Å². The van der Waals surface area contributed by atoms with Crippen LogP contribution in [0.3, 0.4) is 0 Å². The Morgan fingerprint density at radius 3 is 3.00 bits per heavy atom. The second kappa shape index (κ2) is 4.63. The minimum Gasteiger partial charge on any atom is -0.383 e. The summed E-state index contributed by atoms with van der Waals surface area (Å²) in [5.41, 5.74) is 5.52. The number of aromatic nitrogens is 2. The molecule has 2 heterocycles. The molecule has 0 radical (unpaired) electrons. The SMILES string of the molecule is CN(CC1CCCO1)S(=O)(=O)c1cn[nH]c1N. The Labute approximate surface area is 100.0 Å². The quantitative estimate of drug-likeness (QED) is 0.780. The summed E-state index contributed by atoms with van der Waals surface area (Å²) >= 11 is 0. The number of aromatic amines is 1. The van der Waals surface area contributed by atoms with Crippen LogP contribution in [0.25, 0.3) is 0 Å². The second-order valence-corrected chi connectivity index (χ2v) is 6.08. The van der Waals surface area contributed by atoms with Gasteiger partial charge in [-0.3, -0.25) is 5.10 Å². The number of nitrogen functional groups attached to an aromatic ring is 1. The van der Waals surface area contributed by atoms with Gasteiger partial charge in [0.2, 0.25) is 10.0 Å². The Bertz CT molecular complexity index is 478. The highest BCUT2D eigenvalue weighted by Crippen LogP contribution is 2.21. The topological polar surface area (TPSA) is 101 Å². The number of nitrogens with two attached hydrogens (primary N) is 1. The van der Waals surface area contributed by atoms with Gasteiger partial charge in [0.25, 0.3) is 0 Å². The lowest BCUT2D eigenvalue weighted by molar-refractivity contribution is 0.0979. The lowest BCUT2D eigenvalue weighted by atomic mass is 10.2. The van der Waals surface area contributed by atoms with Gasteiger partial charge in [0.1, 0.15) is 10.7 Å². The predicted octanol–water partition coefficient (Wildman–Crippen LogP) is -0.209. The summed E-state index contributed by atoms with van der Waals surface area (Å²) in [6.45, 7) is 1.04. The second-order valence-electron chi connectivity index (χ2n) is 4.07. The number of ether oxygens (including phenoxy) is 1. The van der Waals surface area contributed by atoms with Crippen molar-refractivity contribution in [3.63, 3.8) is 0 Å². The van der Waals surface area contributed by atoms with E-state index in [9.17, 15) is 8.42 Å². The van der Waals surface area contributed by atoms with E-state index in [4.69, 9.17) is 10.5 Å². The fraction of sp³-hybridized carbons (Fsp3) is 0.667. The number of H-pyrrole nitrogens is 1. The molecular weight excluding hydrogens is 244 g/mol. The molecule has 17 heavy (non-hydrogen) atoms. The van der Waals surface area contributed by atoms with Crippen LogP contribution in [-0.4, -0.2) is 49.2 Å². The average molecular weight is 260 g/mol. The number of hydrogen-bond donors (Lipinski definition) is 2. The van der Waals surface area contributed by atoms with Gasteiger partial charge in [0, 0.05) is 20.2 Å². The van der Waals surface area contributed by atoms with Crippen LogP contribution in [-0.2, 0) is 14.8 Å². The predicted molar refractivity (Wildman–Crippen MR) is 61.8 cm³/mol. The van der Waals surface area contributed by atoms with Gasteiger partial charge in [-0.25, -0.2) is 8.42 Å². The number of nitrogens with one attached hydrogen (secondary N) is 1. The number of likely N-dealkylation sites (N-methyl/N-ethyl adjacent to an activating group) is 1. The number of anilines is 1. The van der Waals surface area contributed by atoms with E-state index in [1.807, 2.05) is 0 Å². The first kappa shape index (κ1) is 12.3. The van der Waals surface area contributed by atoms with Crippen LogP contribution in [0.2, 0.25) is 0 Å². The van der Waals surface area contributed by atoms with Gasteiger partial charge in [-0.15, -0.1) is 0 Å². The first-order chi connectivity index (χ1) is 8.01. The summed E-state index contributed by atoms with van der Waals surface area (Å²) in [5, 5.41) is 6.03. The molecule has 0 saturated carbocycles. The lowest BCUT2D eigenvalue weighted by Gasteiger charge is -2.19. The molecule has 96 valence electrons. The van der Waals surface area contributed by atoms with Gasteiger partial charge in [0.15, 0.2) is 0 Å². The molecule has 0 spiro atoms. The maximum Gasteiger partial charge on any atom is 0.248 e. The van der Waals surface area contributed by atoms with E-state index in [0.717, 1.165) is 12.8 Å². The summed E-state index contributed by atoms with van der Waals surface area (Å²) < 4.78 is 30.9. The molecule has 1 aromatic heterocycles. The van der Waals surface area contributed by atoms with Crippen molar-refractivity contribution in [2.45, 2.75) is 23.8 Å². The maximum atomic E-state index is 12.1. The Kier molecular flexibility index (Phi) is 3.36. The largest absolute Gasteiger partial charge is 0.383 e. The van der Waals surface area contributed by atoms with Gasteiger partial charge in [0.05, 0.1) is 12.3 Å². The van der Waals surface area contributed by atoms with E-state index in [1.54, 1.807) is 0 Å². The maximum absolute atomic E-state index is 12.1. The molecule has 1 aromatic rings. The number of nitrogens with zero attached hydrogens (tertiary/aromatic N) is 2. The first-order valence-corrected chi connectivity index (χ1v) is 6.82. The Morgan fingerprint density at radius 2 is 2.47 bits per heavy atom. The van der Waals surface area contributed by atoms with Gasteiger partial charge < -0.3 is 10.5 Å². The van der Waals surface area contributed by atoms with Crippen molar-refractivity contribution < 1.29 is 13.2 Å². The first-order valence-electron chi connectivity index (χ1n) is 5.38. The van der Waals surface area contributed by atoms with Crippen LogP contribution >= 0.6 is 0 Å². The highest BCUT2D eigenvalue weighted by Gasteiger charge is 2.28. The number of sulfonamides is 1. The highest BCUT2D eigenvalue weighted by atomic mass is 32.2. The molecule has 1 unspecified atom stereocenters. The Morgan fingerprint density at radius 1 is 1.71 bits per heavy atom. The van der Waals surface area contributed by atoms with E-state index >= 15 is 0 Å². The summed E-state index contributed by atoms with van der Waals surface area (Å²) in [7, 11) is -2.06. The van der Waals surface area contributed by atoms with Gasteiger partial charge >= 0.3 is 0 Å². The van der Waals surface area contributed by atoms with Crippen molar-refractivity contribution in [1.82, 2.24) is 14.5 Å².